The van der Waals surface area contributed by atoms with Crippen LogP contribution in [0.15, 0.2) is 18.2 Å². The average molecular weight is 300 g/mol. The number of ether oxygens (including phenoxy) is 2. The smallest absolute Gasteiger partial charge is 0.282 e. The molecule has 0 fully saturated rings. The number of carbonyl (C=O) groups is 1. The van der Waals surface area contributed by atoms with Gasteiger partial charge in [-0.2, -0.15) is 0 Å². The number of nitro groups is 1. The number of carbonyl (C=O) groups excluding carboxylic acids is 1. The first-order valence-electron chi connectivity index (χ1n) is 6.44. The van der Waals surface area contributed by atoms with Crippen molar-refractivity contribution in [2.45, 2.75) is 20.1 Å². The zero-order chi connectivity index (χ0) is 15.8. The summed E-state index contributed by atoms with van der Waals surface area (Å²) in [4.78, 5) is 22.0. The summed E-state index contributed by atoms with van der Waals surface area (Å²) >= 11 is 0. The van der Waals surface area contributed by atoms with E-state index in [4.69, 9.17) is 9.47 Å². The minimum atomic E-state index is -0.759. The summed E-state index contributed by atoms with van der Waals surface area (Å²) < 4.78 is 23.6. The lowest BCUT2D eigenvalue weighted by molar-refractivity contribution is -0.385. The molecular weight excluding hydrogens is 283 g/mol. The van der Waals surface area contributed by atoms with Crippen LogP contribution in [0.1, 0.15) is 24.2 Å². The van der Waals surface area contributed by atoms with Crippen LogP contribution in [-0.4, -0.2) is 36.9 Å². The number of benzene rings is 1. The number of halogens is 1. The van der Waals surface area contributed by atoms with Crippen LogP contribution in [0, 0.1) is 15.9 Å². The van der Waals surface area contributed by atoms with E-state index in [2.05, 4.69) is 5.32 Å². The number of nitrogens with zero attached hydrogens (tertiary/aromatic N) is 1. The number of hydrogen-bond donors (Lipinski definition) is 1. The molecule has 21 heavy (non-hydrogen) atoms. The molecule has 1 rings (SSSR count). The van der Waals surface area contributed by atoms with E-state index in [1.807, 2.05) is 0 Å². The van der Waals surface area contributed by atoms with E-state index in [-0.39, 0.29) is 12.1 Å². The fourth-order valence-corrected chi connectivity index (χ4v) is 1.66. The van der Waals surface area contributed by atoms with E-state index in [1.165, 1.54) is 0 Å². The van der Waals surface area contributed by atoms with E-state index < -0.39 is 28.6 Å². The Bertz CT molecular complexity index is 503. The van der Waals surface area contributed by atoms with Gasteiger partial charge in [-0.05, 0) is 26.0 Å². The van der Waals surface area contributed by atoms with Crippen LogP contribution in [0.2, 0.25) is 0 Å². The van der Waals surface area contributed by atoms with Crippen molar-refractivity contribution in [1.82, 2.24) is 5.32 Å². The lowest BCUT2D eigenvalue weighted by atomic mass is 10.1. The van der Waals surface area contributed by atoms with Crippen molar-refractivity contribution in [2.75, 3.05) is 19.8 Å². The molecule has 8 heteroatoms. The predicted molar refractivity (Wildman–Crippen MR) is 72.4 cm³/mol. The third-order valence-corrected chi connectivity index (χ3v) is 2.53. The molecule has 0 unspecified atom stereocenters. The maximum atomic E-state index is 13.2. The monoisotopic (exact) mass is 300 g/mol. The third-order valence-electron chi connectivity index (χ3n) is 2.53. The zero-order valence-electron chi connectivity index (χ0n) is 11.8. The summed E-state index contributed by atoms with van der Waals surface area (Å²) in [5.41, 5.74) is -0.801. The van der Waals surface area contributed by atoms with Gasteiger partial charge in [-0.15, -0.1) is 0 Å². The second-order valence-corrected chi connectivity index (χ2v) is 3.97. The molecular formula is C13H17FN2O5. The second-order valence-electron chi connectivity index (χ2n) is 3.97. The van der Waals surface area contributed by atoms with E-state index in [1.54, 1.807) is 13.8 Å². The number of nitro benzene ring substituents is 1. The number of hydrogen-bond acceptors (Lipinski definition) is 5. The van der Waals surface area contributed by atoms with Gasteiger partial charge in [-0.25, -0.2) is 4.39 Å². The van der Waals surface area contributed by atoms with Gasteiger partial charge < -0.3 is 14.8 Å². The van der Waals surface area contributed by atoms with E-state index in [0.717, 1.165) is 18.2 Å². The molecule has 0 aromatic heterocycles. The second kappa shape index (κ2) is 8.28. The van der Waals surface area contributed by atoms with Crippen molar-refractivity contribution in [3.63, 3.8) is 0 Å². The van der Waals surface area contributed by atoms with Gasteiger partial charge in [-0.1, -0.05) is 0 Å². The number of amides is 1. The number of rotatable bonds is 8. The predicted octanol–water partition coefficient (Wildman–Crippen LogP) is 1.86. The molecule has 0 radical (unpaired) electrons. The summed E-state index contributed by atoms with van der Waals surface area (Å²) in [5.74, 6) is -1.48. The minimum absolute atomic E-state index is 0.00812. The van der Waals surface area contributed by atoms with Gasteiger partial charge in [-0.3, -0.25) is 14.9 Å². The van der Waals surface area contributed by atoms with Crippen LogP contribution < -0.4 is 5.32 Å². The molecule has 0 bridgehead atoms. The Kier molecular flexibility index (Phi) is 6.70. The van der Waals surface area contributed by atoms with E-state index in [0.29, 0.717) is 13.2 Å². The van der Waals surface area contributed by atoms with Gasteiger partial charge in [0.1, 0.15) is 11.4 Å². The summed E-state index contributed by atoms with van der Waals surface area (Å²) in [5, 5.41) is 13.3. The third kappa shape index (κ3) is 5.09. The molecule has 0 heterocycles. The maximum absolute atomic E-state index is 13.2. The number of nitrogens with one attached hydrogen (secondary N) is 1. The van der Waals surface area contributed by atoms with Crippen LogP contribution in [0.25, 0.3) is 0 Å². The molecule has 0 spiro atoms. The van der Waals surface area contributed by atoms with Crippen molar-refractivity contribution in [3.05, 3.63) is 39.7 Å². The normalized spacial score (nSPS) is 10.7. The highest BCUT2D eigenvalue weighted by Gasteiger charge is 2.21. The fraction of sp³-hybridized carbons (Fsp3) is 0.462. The molecule has 0 aliphatic heterocycles. The Morgan fingerprint density at radius 1 is 1.38 bits per heavy atom. The minimum Gasteiger partial charge on any atom is -0.351 e. The lowest BCUT2D eigenvalue weighted by Crippen LogP contribution is -2.35. The SMILES string of the molecule is CCOC(CNC(=O)c1cc(F)ccc1[N+](=O)[O-])OCC. The van der Waals surface area contributed by atoms with E-state index in [9.17, 15) is 19.3 Å². The first kappa shape index (κ1) is 17.0. The molecule has 1 amide bonds. The first-order valence-corrected chi connectivity index (χ1v) is 6.44. The van der Waals surface area contributed by atoms with Crippen LogP contribution >= 0.6 is 0 Å². The van der Waals surface area contributed by atoms with Crippen molar-refractivity contribution >= 4 is 11.6 Å². The highest BCUT2D eigenvalue weighted by atomic mass is 19.1. The van der Waals surface area contributed by atoms with Crippen molar-refractivity contribution in [1.29, 1.82) is 0 Å². The van der Waals surface area contributed by atoms with Crippen LogP contribution in [0.5, 0.6) is 0 Å². The van der Waals surface area contributed by atoms with Gasteiger partial charge in [0.05, 0.1) is 11.5 Å². The highest BCUT2D eigenvalue weighted by molar-refractivity contribution is 5.98. The van der Waals surface area contributed by atoms with Gasteiger partial charge in [0, 0.05) is 19.3 Å². The zero-order valence-corrected chi connectivity index (χ0v) is 11.8. The Morgan fingerprint density at radius 3 is 2.52 bits per heavy atom. The Morgan fingerprint density at radius 2 is 2.00 bits per heavy atom. The summed E-state index contributed by atoms with van der Waals surface area (Å²) in [6.07, 6.45) is -0.656. The molecule has 1 aromatic rings. The van der Waals surface area contributed by atoms with Crippen molar-refractivity contribution < 1.29 is 23.6 Å². The summed E-state index contributed by atoms with van der Waals surface area (Å²) in [6, 6.07) is 2.70. The quantitative estimate of drug-likeness (QED) is 0.449. The Labute approximate surface area is 121 Å². The molecule has 1 N–H and O–H groups in total. The molecule has 0 atom stereocenters. The average Bonchev–Trinajstić information content (AvgIpc) is 2.44. The fourth-order valence-electron chi connectivity index (χ4n) is 1.66. The van der Waals surface area contributed by atoms with Crippen LogP contribution in [0.3, 0.4) is 0 Å². The largest absolute Gasteiger partial charge is 0.351 e. The molecule has 0 aliphatic carbocycles. The Balaban J connectivity index is 2.79. The van der Waals surface area contributed by atoms with Gasteiger partial charge in [0.2, 0.25) is 0 Å². The molecule has 0 aliphatic rings. The van der Waals surface area contributed by atoms with Gasteiger partial charge in [0.25, 0.3) is 11.6 Å². The molecule has 0 saturated heterocycles. The van der Waals surface area contributed by atoms with E-state index >= 15 is 0 Å². The standard InChI is InChI=1S/C13H17FN2O5/c1-3-20-12(21-4-2)8-15-13(17)10-7-9(14)5-6-11(10)16(18)19/h5-7,12H,3-4,8H2,1-2H3,(H,15,17). The summed E-state index contributed by atoms with van der Waals surface area (Å²) in [7, 11) is 0. The maximum Gasteiger partial charge on any atom is 0.282 e. The topological polar surface area (TPSA) is 90.7 Å². The van der Waals surface area contributed by atoms with Crippen molar-refractivity contribution in [2.24, 2.45) is 0 Å². The molecule has 116 valence electrons. The Hall–Kier alpha value is -2.06. The molecule has 0 saturated carbocycles. The van der Waals surface area contributed by atoms with Gasteiger partial charge in [0.15, 0.2) is 6.29 Å². The van der Waals surface area contributed by atoms with Crippen molar-refractivity contribution in [3.8, 4) is 0 Å². The van der Waals surface area contributed by atoms with Gasteiger partial charge >= 0.3 is 0 Å². The highest BCUT2D eigenvalue weighted by Crippen LogP contribution is 2.19. The van der Waals surface area contributed by atoms with Crippen LogP contribution in [-0.2, 0) is 9.47 Å². The van der Waals surface area contributed by atoms with Crippen LogP contribution in [0.4, 0.5) is 10.1 Å². The first-order chi connectivity index (χ1) is 9.99. The summed E-state index contributed by atoms with van der Waals surface area (Å²) in [6.45, 7) is 4.33. The molecule has 7 nitrogen and oxygen atoms in total. The lowest BCUT2D eigenvalue weighted by Gasteiger charge is -2.17. The molecule has 1 aromatic carbocycles.